The van der Waals surface area contributed by atoms with Crippen molar-refractivity contribution in [2.45, 2.75) is 24.3 Å². The third kappa shape index (κ3) is 11.3. The summed E-state index contributed by atoms with van der Waals surface area (Å²) in [6, 6.07) is -2.65. The smallest absolute Gasteiger partial charge is 0.475 e. The first-order valence-corrected chi connectivity index (χ1v) is 8.49. The van der Waals surface area contributed by atoms with E-state index in [9.17, 15) is 27.6 Å². The molecular formula is C11H19F3N4O5S3. The van der Waals surface area contributed by atoms with Crippen LogP contribution in [0.2, 0.25) is 0 Å². The molecule has 0 saturated carbocycles. The fourth-order valence-electron chi connectivity index (χ4n) is 1.03. The second-order valence-corrected chi connectivity index (χ2v) is 5.58. The van der Waals surface area contributed by atoms with E-state index >= 15 is 0 Å². The molecule has 0 aliphatic carbocycles. The lowest BCUT2D eigenvalue weighted by Gasteiger charge is -2.20. The van der Waals surface area contributed by atoms with Gasteiger partial charge in [0.25, 0.3) is 0 Å². The number of hydrogen-bond acceptors (Lipinski definition) is 8. The first-order valence-electron chi connectivity index (χ1n) is 6.60. The highest BCUT2D eigenvalue weighted by Crippen LogP contribution is 2.13. The Bertz CT molecular complexity index is 510. The van der Waals surface area contributed by atoms with E-state index < -0.39 is 48.0 Å². The molecule has 3 atom stereocenters. The number of aliphatic carboxylic acids is 1. The van der Waals surface area contributed by atoms with Crippen LogP contribution < -0.4 is 22.1 Å². The zero-order chi connectivity index (χ0) is 21.1. The van der Waals surface area contributed by atoms with E-state index in [1.54, 1.807) is 0 Å². The number of alkyl halides is 3. The molecule has 0 aliphatic rings. The van der Waals surface area contributed by atoms with Crippen molar-refractivity contribution in [3.63, 3.8) is 0 Å². The number of nitrogens with one attached hydrogen (secondary N) is 2. The summed E-state index contributed by atoms with van der Waals surface area (Å²) in [5, 5.41) is 11.9. The maximum absolute atomic E-state index is 11.8. The summed E-state index contributed by atoms with van der Waals surface area (Å²) in [6.07, 6.45) is -5.08. The number of halogens is 3. The van der Waals surface area contributed by atoms with Gasteiger partial charge >= 0.3 is 12.1 Å². The highest BCUT2D eigenvalue weighted by atomic mass is 32.1. The third-order valence-corrected chi connectivity index (χ3v) is 3.56. The minimum atomic E-state index is -5.08. The molecule has 0 aliphatic heterocycles. The Morgan fingerprint density at radius 2 is 1.31 bits per heavy atom. The number of rotatable bonds is 8. The molecule has 9 nitrogen and oxygen atoms in total. The van der Waals surface area contributed by atoms with E-state index in [2.05, 4.69) is 48.5 Å². The molecule has 7 N–H and O–H groups in total. The Morgan fingerprint density at radius 3 is 1.58 bits per heavy atom. The normalized spacial score (nSPS) is 14.1. The SMILES string of the molecule is NC(=O)C(CS)NC(=O)C(CS)NC(=O)C(N)CS.O=C(O)C(F)(F)F. The number of nitrogens with two attached hydrogens (primary N) is 2. The minimum Gasteiger partial charge on any atom is -0.475 e. The van der Waals surface area contributed by atoms with Gasteiger partial charge in [0.1, 0.15) is 12.1 Å². The number of amides is 3. The molecule has 3 unspecified atom stereocenters. The molecule has 0 spiro atoms. The summed E-state index contributed by atoms with van der Waals surface area (Å²) >= 11 is 11.7. The van der Waals surface area contributed by atoms with Gasteiger partial charge in [-0.3, -0.25) is 14.4 Å². The van der Waals surface area contributed by atoms with Crippen molar-refractivity contribution < 1.29 is 37.5 Å². The van der Waals surface area contributed by atoms with Gasteiger partial charge in [-0.2, -0.15) is 51.1 Å². The van der Waals surface area contributed by atoms with E-state index in [4.69, 9.17) is 21.4 Å². The molecule has 0 saturated heterocycles. The lowest BCUT2D eigenvalue weighted by Crippen LogP contribution is -2.56. The summed E-state index contributed by atoms with van der Waals surface area (Å²) in [6.45, 7) is 0. The van der Waals surface area contributed by atoms with Crippen molar-refractivity contribution in [2.24, 2.45) is 11.5 Å². The van der Waals surface area contributed by atoms with Crippen LogP contribution in [-0.2, 0) is 19.2 Å². The molecule has 15 heteroatoms. The number of carboxylic acids is 1. The molecule has 0 heterocycles. The maximum atomic E-state index is 11.8. The minimum absolute atomic E-state index is 0.0505. The van der Waals surface area contributed by atoms with Gasteiger partial charge in [0.05, 0.1) is 6.04 Å². The quantitative estimate of drug-likeness (QED) is 0.207. The summed E-state index contributed by atoms with van der Waals surface area (Å²) in [5.41, 5.74) is 10.5. The molecule has 0 radical (unpaired) electrons. The topological polar surface area (TPSA) is 165 Å². The van der Waals surface area contributed by atoms with Crippen molar-refractivity contribution in [3.05, 3.63) is 0 Å². The predicted octanol–water partition coefficient (Wildman–Crippen LogP) is -1.81. The average Bonchev–Trinajstić information content (AvgIpc) is 2.55. The van der Waals surface area contributed by atoms with Crippen LogP contribution in [0.5, 0.6) is 0 Å². The second kappa shape index (κ2) is 12.9. The van der Waals surface area contributed by atoms with Gasteiger partial charge in [0.15, 0.2) is 0 Å². The number of carboxylic acid groups (broad SMARTS) is 1. The molecule has 0 rings (SSSR count). The van der Waals surface area contributed by atoms with Crippen molar-refractivity contribution in [1.29, 1.82) is 0 Å². The van der Waals surface area contributed by atoms with Crippen LogP contribution in [0.15, 0.2) is 0 Å². The van der Waals surface area contributed by atoms with Crippen molar-refractivity contribution >= 4 is 61.6 Å². The van der Waals surface area contributed by atoms with Crippen molar-refractivity contribution in [3.8, 4) is 0 Å². The van der Waals surface area contributed by atoms with E-state index in [-0.39, 0.29) is 17.3 Å². The molecule has 152 valence electrons. The van der Waals surface area contributed by atoms with Crippen LogP contribution >= 0.6 is 37.9 Å². The molecule has 26 heavy (non-hydrogen) atoms. The molecule has 0 bridgehead atoms. The largest absolute Gasteiger partial charge is 0.490 e. The Kier molecular flexibility index (Phi) is 13.4. The summed E-state index contributed by atoms with van der Waals surface area (Å²) in [4.78, 5) is 43.2. The summed E-state index contributed by atoms with van der Waals surface area (Å²) < 4.78 is 31.7. The molecular weight excluding hydrogens is 421 g/mol. The first kappa shape index (κ1) is 26.9. The molecule has 0 aromatic rings. The number of primary amides is 1. The van der Waals surface area contributed by atoms with E-state index in [0.29, 0.717) is 0 Å². The summed E-state index contributed by atoms with van der Waals surface area (Å²) in [7, 11) is 0. The van der Waals surface area contributed by atoms with Gasteiger partial charge in [0, 0.05) is 17.3 Å². The highest BCUT2D eigenvalue weighted by Gasteiger charge is 2.38. The number of carbonyl (C=O) groups excluding carboxylic acids is 3. The van der Waals surface area contributed by atoms with Crippen LogP contribution in [0.1, 0.15) is 0 Å². The molecule has 0 aromatic carbocycles. The van der Waals surface area contributed by atoms with E-state index in [1.807, 2.05) is 0 Å². The number of thiol groups is 3. The van der Waals surface area contributed by atoms with Crippen LogP contribution in [0.4, 0.5) is 13.2 Å². The van der Waals surface area contributed by atoms with Gasteiger partial charge in [-0.15, -0.1) is 0 Å². The fourth-order valence-corrected chi connectivity index (χ4v) is 1.73. The lowest BCUT2D eigenvalue weighted by atomic mass is 10.2. The Morgan fingerprint density at radius 1 is 0.923 bits per heavy atom. The van der Waals surface area contributed by atoms with Gasteiger partial charge in [-0.1, -0.05) is 0 Å². The van der Waals surface area contributed by atoms with Gasteiger partial charge in [-0.05, 0) is 0 Å². The van der Waals surface area contributed by atoms with Gasteiger partial charge in [-0.25, -0.2) is 4.79 Å². The molecule has 0 aromatic heterocycles. The fraction of sp³-hybridized carbons (Fsp3) is 0.636. The van der Waals surface area contributed by atoms with Crippen LogP contribution in [0.3, 0.4) is 0 Å². The Hall–Kier alpha value is -1.32. The molecule has 3 amide bonds. The Balaban J connectivity index is 0. The molecule has 0 fully saturated rings. The lowest BCUT2D eigenvalue weighted by molar-refractivity contribution is -0.192. The standard InChI is InChI=1S/C9H18N4O3S3.C2HF3O2/c10-4(1-17)8(15)13-6(3-19)9(16)12-5(2-18)7(11)14;3-2(4,5)1(6)7/h4-6,17-19H,1-3,10H2,(H2,11,14)(H,12,16)(H,13,15);(H,6,7). The Labute approximate surface area is 163 Å². The van der Waals surface area contributed by atoms with Crippen molar-refractivity contribution in [2.75, 3.05) is 17.3 Å². The monoisotopic (exact) mass is 440 g/mol. The highest BCUT2D eigenvalue weighted by molar-refractivity contribution is 7.80. The van der Waals surface area contributed by atoms with Gasteiger partial charge in [0.2, 0.25) is 17.7 Å². The second-order valence-electron chi connectivity index (χ2n) is 4.48. The number of carbonyl (C=O) groups is 4. The van der Waals surface area contributed by atoms with Crippen LogP contribution in [-0.4, -0.2) is 70.4 Å². The third-order valence-electron chi connectivity index (χ3n) is 2.43. The van der Waals surface area contributed by atoms with E-state index in [0.717, 1.165) is 0 Å². The zero-order valence-electron chi connectivity index (χ0n) is 13.1. The van der Waals surface area contributed by atoms with Crippen molar-refractivity contribution in [1.82, 2.24) is 10.6 Å². The maximum Gasteiger partial charge on any atom is 0.490 e. The van der Waals surface area contributed by atoms with E-state index in [1.165, 1.54) is 0 Å². The predicted molar refractivity (Wildman–Crippen MR) is 96.3 cm³/mol. The average molecular weight is 440 g/mol. The number of hydrogen-bond donors (Lipinski definition) is 8. The zero-order valence-corrected chi connectivity index (χ0v) is 15.7. The first-order chi connectivity index (χ1) is 11.8. The van der Waals surface area contributed by atoms with Crippen LogP contribution in [0.25, 0.3) is 0 Å². The van der Waals surface area contributed by atoms with Crippen LogP contribution in [0, 0.1) is 0 Å². The van der Waals surface area contributed by atoms with Gasteiger partial charge < -0.3 is 27.2 Å². The summed E-state index contributed by atoms with van der Waals surface area (Å²) in [5.74, 6) is -4.31.